The number of aliphatic carboxylic acids is 1. The van der Waals surface area contributed by atoms with E-state index in [-0.39, 0.29) is 11.7 Å². The van der Waals surface area contributed by atoms with E-state index in [1.54, 1.807) is 0 Å². The van der Waals surface area contributed by atoms with Gasteiger partial charge in [-0.05, 0) is 31.2 Å². The molecule has 2 rings (SSSR count). The Hall–Kier alpha value is -1.20. The number of hydrogen-bond acceptors (Lipinski definition) is 3. The third-order valence-electron chi connectivity index (χ3n) is 3.87. The van der Waals surface area contributed by atoms with Crippen LogP contribution in [0.3, 0.4) is 0 Å². The summed E-state index contributed by atoms with van der Waals surface area (Å²) in [5.41, 5.74) is 0.0275. The molecule has 2 N–H and O–H groups in total. The Bertz CT molecular complexity index is 478. The van der Waals surface area contributed by atoms with Crippen LogP contribution in [0, 0.1) is 5.92 Å². The molecule has 0 saturated heterocycles. The van der Waals surface area contributed by atoms with E-state index in [1.807, 2.05) is 30.3 Å². The zero-order chi connectivity index (χ0) is 14.6. The van der Waals surface area contributed by atoms with Gasteiger partial charge in [0, 0.05) is 16.6 Å². The Kier molecular flexibility index (Phi) is 4.94. The van der Waals surface area contributed by atoms with Crippen molar-refractivity contribution in [2.45, 2.75) is 37.0 Å². The molecule has 0 aliphatic heterocycles. The Balaban J connectivity index is 1.87. The number of carboxylic acid groups (broad SMARTS) is 1. The summed E-state index contributed by atoms with van der Waals surface area (Å²) in [6.07, 6.45) is 1.78. The second-order valence-electron chi connectivity index (χ2n) is 5.55. The average molecular weight is 296 g/mol. The predicted octanol–water partition coefficient (Wildman–Crippen LogP) is 1.94. The molecule has 0 amide bonds. The van der Waals surface area contributed by atoms with Crippen LogP contribution in [-0.2, 0) is 21.3 Å². The van der Waals surface area contributed by atoms with Gasteiger partial charge in [0.2, 0.25) is 0 Å². The molecule has 1 fully saturated rings. The lowest BCUT2D eigenvalue weighted by Gasteiger charge is -2.34. The van der Waals surface area contributed by atoms with Gasteiger partial charge in [0.15, 0.2) is 0 Å². The number of rotatable bonds is 5. The maximum atomic E-state index is 12.1. The minimum atomic E-state index is -1.13. The van der Waals surface area contributed by atoms with E-state index in [1.165, 1.54) is 0 Å². The molecule has 20 heavy (non-hydrogen) atoms. The Morgan fingerprint density at radius 1 is 1.25 bits per heavy atom. The van der Waals surface area contributed by atoms with Crippen molar-refractivity contribution in [3.8, 4) is 0 Å². The van der Waals surface area contributed by atoms with Gasteiger partial charge in [-0.25, -0.2) is 0 Å². The van der Waals surface area contributed by atoms with E-state index in [0.717, 1.165) is 5.56 Å². The zero-order valence-electron chi connectivity index (χ0n) is 11.3. The van der Waals surface area contributed by atoms with Crippen LogP contribution in [0.25, 0.3) is 0 Å². The highest BCUT2D eigenvalue weighted by Crippen LogP contribution is 2.33. The summed E-state index contributed by atoms with van der Waals surface area (Å²) in [4.78, 5) is 10.9. The van der Waals surface area contributed by atoms with Crippen molar-refractivity contribution in [3.05, 3.63) is 35.9 Å². The summed E-state index contributed by atoms with van der Waals surface area (Å²) < 4.78 is 12.1. The molecule has 110 valence electrons. The molecular weight excluding hydrogens is 276 g/mol. The van der Waals surface area contributed by atoms with Crippen LogP contribution in [0.4, 0.5) is 0 Å². The lowest BCUT2D eigenvalue weighted by Crippen LogP contribution is -2.40. The second kappa shape index (κ2) is 6.50. The zero-order valence-corrected chi connectivity index (χ0v) is 12.1. The van der Waals surface area contributed by atoms with E-state index in [9.17, 15) is 14.1 Å². The van der Waals surface area contributed by atoms with Gasteiger partial charge in [-0.2, -0.15) is 0 Å². The fourth-order valence-corrected chi connectivity index (χ4v) is 4.21. The Labute approximate surface area is 121 Å². The molecule has 1 saturated carbocycles. The average Bonchev–Trinajstić information content (AvgIpc) is 2.39. The van der Waals surface area contributed by atoms with Crippen molar-refractivity contribution in [2.75, 3.05) is 5.75 Å². The third-order valence-corrected chi connectivity index (χ3v) is 5.38. The first kappa shape index (κ1) is 15.2. The minimum Gasteiger partial charge on any atom is -0.481 e. The topological polar surface area (TPSA) is 74.6 Å². The van der Waals surface area contributed by atoms with Gasteiger partial charge in [0.25, 0.3) is 0 Å². The third kappa shape index (κ3) is 4.15. The quantitative estimate of drug-likeness (QED) is 0.871. The standard InChI is InChI=1S/C15H20O4S/c16-14(17)13-6-8-15(18,9-7-13)11-20(19)10-12-4-2-1-3-5-12/h1-5,13,18H,6-11H2,(H,16,17). The van der Waals surface area contributed by atoms with E-state index >= 15 is 0 Å². The summed E-state index contributed by atoms with van der Waals surface area (Å²) in [6, 6.07) is 9.55. The maximum absolute atomic E-state index is 12.1. The van der Waals surface area contributed by atoms with Crippen molar-refractivity contribution >= 4 is 16.8 Å². The van der Waals surface area contributed by atoms with Gasteiger partial charge in [0.05, 0.1) is 17.3 Å². The molecule has 1 aliphatic carbocycles. The fourth-order valence-electron chi connectivity index (χ4n) is 2.66. The summed E-state index contributed by atoms with van der Waals surface area (Å²) in [7, 11) is -1.13. The van der Waals surface area contributed by atoms with Gasteiger partial charge in [-0.1, -0.05) is 30.3 Å². The van der Waals surface area contributed by atoms with Crippen molar-refractivity contribution in [3.63, 3.8) is 0 Å². The summed E-state index contributed by atoms with van der Waals surface area (Å²) in [5, 5.41) is 19.4. The van der Waals surface area contributed by atoms with Crippen LogP contribution < -0.4 is 0 Å². The van der Waals surface area contributed by atoms with Crippen molar-refractivity contribution in [1.82, 2.24) is 0 Å². The molecule has 1 aromatic rings. The molecule has 0 spiro atoms. The predicted molar refractivity (Wildman–Crippen MR) is 77.7 cm³/mol. The van der Waals surface area contributed by atoms with Crippen LogP contribution >= 0.6 is 0 Å². The first-order valence-electron chi connectivity index (χ1n) is 6.83. The van der Waals surface area contributed by atoms with E-state index in [2.05, 4.69) is 0 Å². The first-order chi connectivity index (χ1) is 9.48. The lowest BCUT2D eigenvalue weighted by atomic mass is 9.80. The molecule has 1 atom stereocenters. The van der Waals surface area contributed by atoms with Crippen LogP contribution in [0.2, 0.25) is 0 Å². The van der Waals surface area contributed by atoms with E-state index in [0.29, 0.717) is 31.4 Å². The molecule has 0 aromatic heterocycles. The van der Waals surface area contributed by atoms with Crippen LogP contribution in [0.15, 0.2) is 30.3 Å². The van der Waals surface area contributed by atoms with Crippen LogP contribution in [0.5, 0.6) is 0 Å². The van der Waals surface area contributed by atoms with Crippen molar-refractivity contribution in [1.29, 1.82) is 0 Å². The van der Waals surface area contributed by atoms with Crippen molar-refractivity contribution < 1.29 is 19.2 Å². The SMILES string of the molecule is O=C(O)C1CCC(O)(CS(=O)Cc2ccccc2)CC1. The van der Waals surface area contributed by atoms with E-state index in [4.69, 9.17) is 5.11 Å². The fraction of sp³-hybridized carbons (Fsp3) is 0.533. The summed E-state index contributed by atoms with van der Waals surface area (Å²) >= 11 is 0. The van der Waals surface area contributed by atoms with Gasteiger partial charge in [-0.3, -0.25) is 9.00 Å². The van der Waals surface area contributed by atoms with Gasteiger partial charge in [0.1, 0.15) is 0 Å². The molecular formula is C15H20O4S. The van der Waals surface area contributed by atoms with Crippen LogP contribution in [-0.4, -0.2) is 31.7 Å². The summed E-state index contributed by atoms with van der Waals surface area (Å²) in [5.74, 6) is -0.491. The van der Waals surface area contributed by atoms with Gasteiger partial charge >= 0.3 is 5.97 Å². The minimum absolute atomic E-state index is 0.230. The number of carboxylic acids is 1. The van der Waals surface area contributed by atoms with Gasteiger partial charge < -0.3 is 10.2 Å². The molecule has 0 bridgehead atoms. The number of hydrogen-bond donors (Lipinski definition) is 2. The second-order valence-corrected chi connectivity index (χ2v) is 7.01. The first-order valence-corrected chi connectivity index (χ1v) is 8.31. The largest absolute Gasteiger partial charge is 0.481 e. The van der Waals surface area contributed by atoms with Crippen molar-refractivity contribution in [2.24, 2.45) is 5.92 Å². The molecule has 1 aliphatic rings. The Morgan fingerprint density at radius 2 is 1.85 bits per heavy atom. The highest BCUT2D eigenvalue weighted by atomic mass is 32.2. The van der Waals surface area contributed by atoms with Crippen LogP contribution in [0.1, 0.15) is 31.2 Å². The van der Waals surface area contributed by atoms with Gasteiger partial charge in [-0.15, -0.1) is 0 Å². The summed E-state index contributed by atoms with van der Waals surface area (Å²) in [6.45, 7) is 0. The molecule has 1 unspecified atom stereocenters. The molecule has 5 heteroatoms. The maximum Gasteiger partial charge on any atom is 0.306 e. The number of benzene rings is 1. The molecule has 4 nitrogen and oxygen atoms in total. The Morgan fingerprint density at radius 3 is 2.40 bits per heavy atom. The molecule has 0 radical (unpaired) electrons. The molecule has 1 aromatic carbocycles. The molecule has 0 heterocycles. The normalized spacial score (nSPS) is 27.9. The lowest BCUT2D eigenvalue weighted by molar-refractivity contribution is -0.144. The van der Waals surface area contributed by atoms with E-state index < -0.39 is 22.4 Å². The number of carbonyl (C=O) groups is 1. The highest BCUT2D eigenvalue weighted by molar-refractivity contribution is 7.84. The smallest absolute Gasteiger partial charge is 0.306 e. The number of aliphatic hydroxyl groups is 1. The highest BCUT2D eigenvalue weighted by Gasteiger charge is 2.36. The monoisotopic (exact) mass is 296 g/mol.